The molecule has 1 aromatic heterocycles. The Morgan fingerprint density at radius 1 is 1.53 bits per heavy atom. The van der Waals surface area contributed by atoms with E-state index < -0.39 is 0 Å². The molecule has 0 amide bonds. The van der Waals surface area contributed by atoms with Crippen LogP contribution in [0.2, 0.25) is 0 Å². The second kappa shape index (κ2) is 6.21. The van der Waals surface area contributed by atoms with Gasteiger partial charge >= 0.3 is 0 Å². The molecule has 0 fully saturated rings. The van der Waals surface area contributed by atoms with Crippen LogP contribution in [0.1, 0.15) is 38.4 Å². The first-order valence-corrected chi connectivity index (χ1v) is 5.91. The van der Waals surface area contributed by atoms with Crippen molar-refractivity contribution in [3.8, 4) is 6.07 Å². The number of hydrogen-bond acceptors (Lipinski definition) is 4. The van der Waals surface area contributed by atoms with Crippen molar-refractivity contribution in [2.75, 3.05) is 11.9 Å². The Balaban J connectivity index is 2.77. The molecule has 92 valence electrons. The summed E-state index contributed by atoms with van der Waals surface area (Å²) in [6.45, 7) is 4.07. The zero-order chi connectivity index (χ0) is 12.8. The van der Waals surface area contributed by atoms with Gasteiger partial charge in [0.05, 0.1) is 30.1 Å². The van der Waals surface area contributed by atoms with Gasteiger partial charge in [-0.3, -0.25) is 4.98 Å². The van der Waals surface area contributed by atoms with Crippen LogP contribution in [0, 0.1) is 11.3 Å². The lowest BCUT2D eigenvalue weighted by Gasteiger charge is -2.25. The van der Waals surface area contributed by atoms with E-state index in [1.54, 1.807) is 0 Å². The van der Waals surface area contributed by atoms with Crippen molar-refractivity contribution in [3.63, 3.8) is 0 Å². The predicted octanol–water partition coefficient (Wildman–Crippen LogP) is 2.23. The lowest BCUT2D eigenvalue weighted by molar-refractivity contribution is 0.671. The molecule has 0 spiro atoms. The van der Waals surface area contributed by atoms with Crippen LogP contribution in [-0.4, -0.2) is 18.1 Å². The topological polar surface area (TPSA) is 65.9 Å². The van der Waals surface area contributed by atoms with Gasteiger partial charge in [-0.2, -0.15) is 5.26 Å². The third-order valence-electron chi connectivity index (χ3n) is 3.05. The Labute approximate surface area is 103 Å². The maximum absolute atomic E-state index is 8.67. The van der Waals surface area contributed by atoms with Gasteiger partial charge in [-0.1, -0.05) is 6.92 Å². The van der Waals surface area contributed by atoms with E-state index >= 15 is 0 Å². The van der Waals surface area contributed by atoms with Gasteiger partial charge in [-0.25, -0.2) is 0 Å². The van der Waals surface area contributed by atoms with E-state index in [1.165, 1.54) is 0 Å². The van der Waals surface area contributed by atoms with Crippen LogP contribution in [0.5, 0.6) is 0 Å². The Kier molecular flexibility index (Phi) is 4.92. The summed E-state index contributed by atoms with van der Waals surface area (Å²) in [5.41, 5.74) is 7.84. The van der Waals surface area contributed by atoms with E-state index in [0.717, 1.165) is 17.8 Å². The van der Waals surface area contributed by atoms with Gasteiger partial charge in [0, 0.05) is 19.1 Å². The Bertz CT molecular complexity index is 379. The maximum Gasteiger partial charge on any atom is 0.0643 e. The van der Waals surface area contributed by atoms with Crippen molar-refractivity contribution in [1.29, 1.82) is 5.26 Å². The first-order valence-electron chi connectivity index (χ1n) is 5.91. The molecule has 1 rings (SSSR count). The standard InChI is InChI=1S/C13H20N4/c1-4-12(15)13-6-5-11(9-16-13)17(3)10(2)7-8-14/h5-6,9-10,12H,4,7,15H2,1-3H3. The molecule has 2 N–H and O–H groups in total. The van der Waals surface area contributed by atoms with Gasteiger partial charge < -0.3 is 10.6 Å². The average molecular weight is 232 g/mol. The monoisotopic (exact) mass is 232 g/mol. The van der Waals surface area contributed by atoms with Crippen molar-refractivity contribution < 1.29 is 0 Å². The van der Waals surface area contributed by atoms with E-state index in [0.29, 0.717) is 6.42 Å². The van der Waals surface area contributed by atoms with E-state index in [-0.39, 0.29) is 12.1 Å². The van der Waals surface area contributed by atoms with Crippen molar-refractivity contribution in [2.24, 2.45) is 5.73 Å². The van der Waals surface area contributed by atoms with Gasteiger partial charge in [-0.05, 0) is 25.5 Å². The molecule has 0 bridgehead atoms. The average Bonchev–Trinajstić information content (AvgIpc) is 2.37. The zero-order valence-corrected chi connectivity index (χ0v) is 10.7. The van der Waals surface area contributed by atoms with Crippen LogP contribution in [-0.2, 0) is 0 Å². The van der Waals surface area contributed by atoms with Crippen molar-refractivity contribution >= 4 is 5.69 Å². The number of hydrogen-bond donors (Lipinski definition) is 1. The van der Waals surface area contributed by atoms with E-state index in [4.69, 9.17) is 11.0 Å². The lowest BCUT2D eigenvalue weighted by atomic mass is 10.1. The summed E-state index contributed by atoms with van der Waals surface area (Å²) >= 11 is 0. The quantitative estimate of drug-likeness (QED) is 0.845. The maximum atomic E-state index is 8.67. The van der Waals surface area contributed by atoms with Gasteiger partial charge in [0.1, 0.15) is 0 Å². The summed E-state index contributed by atoms with van der Waals surface area (Å²) in [6.07, 6.45) is 3.21. The molecule has 0 aromatic carbocycles. The minimum Gasteiger partial charge on any atom is -0.370 e. The van der Waals surface area contributed by atoms with Crippen LogP contribution < -0.4 is 10.6 Å². The first-order chi connectivity index (χ1) is 8.10. The van der Waals surface area contributed by atoms with Gasteiger partial charge in [0.2, 0.25) is 0 Å². The smallest absolute Gasteiger partial charge is 0.0643 e. The second-order valence-electron chi connectivity index (χ2n) is 4.28. The normalized spacial score (nSPS) is 13.8. The fraction of sp³-hybridized carbons (Fsp3) is 0.538. The molecule has 1 heterocycles. The Hall–Kier alpha value is -1.60. The van der Waals surface area contributed by atoms with Gasteiger partial charge in [-0.15, -0.1) is 0 Å². The van der Waals surface area contributed by atoms with Crippen LogP contribution >= 0.6 is 0 Å². The molecular formula is C13H20N4. The molecule has 1 aromatic rings. The molecule has 0 aliphatic carbocycles. The summed E-state index contributed by atoms with van der Waals surface area (Å²) < 4.78 is 0. The highest BCUT2D eigenvalue weighted by Gasteiger charge is 2.11. The highest BCUT2D eigenvalue weighted by Crippen LogP contribution is 2.18. The molecule has 2 atom stereocenters. The summed E-state index contributed by atoms with van der Waals surface area (Å²) in [5.74, 6) is 0. The SMILES string of the molecule is CCC(N)c1ccc(N(C)C(C)CC#N)cn1. The molecule has 0 saturated heterocycles. The molecule has 0 aliphatic heterocycles. The van der Waals surface area contributed by atoms with Crippen LogP contribution in [0.3, 0.4) is 0 Å². The zero-order valence-electron chi connectivity index (χ0n) is 10.7. The van der Waals surface area contributed by atoms with E-state index in [2.05, 4.69) is 16.0 Å². The molecule has 0 radical (unpaired) electrons. The largest absolute Gasteiger partial charge is 0.370 e. The van der Waals surface area contributed by atoms with E-state index in [9.17, 15) is 0 Å². The fourth-order valence-corrected chi connectivity index (χ4v) is 1.56. The number of pyridine rings is 1. The first kappa shape index (κ1) is 13.5. The van der Waals surface area contributed by atoms with E-state index in [1.807, 2.05) is 39.2 Å². The molecule has 4 nitrogen and oxygen atoms in total. The fourth-order valence-electron chi connectivity index (χ4n) is 1.56. The van der Waals surface area contributed by atoms with Gasteiger partial charge in [0.15, 0.2) is 0 Å². The van der Waals surface area contributed by atoms with Crippen molar-refractivity contribution in [3.05, 3.63) is 24.0 Å². The lowest BCUT2D eigenvalue weighted by Crippen LogP contribution is -2.28. The third kappa shape index (κ3) is 3.43. The van der Waals surface area contributed by atoms with Crippen molar-refractivity contribution in [1.82, 2.24) is 4.98 Å². The predicted molar refractivity (Wildman–Crippen MR) is 69.6 cm³/mol. The Morgan fingerprint density at radius 2 is 2.24 bits per heavy atom. The molecule has 17 heavy (non-hydrogen) atoms. The molecular weight excluding hydrogens is 212 g/mol. The number of nitrogens with zero attached hydrogens (tertiary/aromatic N) is 3. The second-order valence-corrected chi connectivity index (χ2v) is 4.28. The highest BCUT2D eigenvalue weighted by atomic mass is 15.1. The summed E-state index contributed by atoms with van der Waals surface area (Å²) in [4.78, 5) is 6.42. The molecule has 0 aliphatic rings. The van der Waals surface area contributed by atoms with Crippen LogP contribution in [0.15, 0.2) is 18.3 Å². The third-order valence-corrected chi connectivity index (χ3v) is 3.05. The van der Waals surface area contributed by atoms with Crippen molar-refractivity contribution in [2.45, 2.75) is 38.8 Å². The number of rotatable bonds is 5. The molecule has 0 saturated carbocycles. The van der Waals surface area contributed by atoms with Crippen LogP contribution in [0.25, 0.3) is 0 Å². The molecule has 2 unspecified atom stereocenters. The number of nitriles is 1. The minimum atomic E-state index is 0.00545. The number of nitrogens with two attached hydrogens (primary N) is 1. The highest BCUT2D eigenvalue weighted by molar-refractivity contribution is 5.45. The summed E-state index contributed by atoms with van der Waals surface area (Å²) in [7, 11) is 1.97. The van der Waals surface area contributed by atoms with Gasteiger partial charge in [0.25, 0.3) is 0 Å². The number of aromatic nitrogens is 1. The minimum absolute atomic E-state index is 0.00545. The number of anilines is 1. The Morgan fingerprint density at radius 3 is 2.71 bits per heavy atom. The summed E-state index contributed by atoms with van der Waals surface area (Å²) in [6, 6.07) is 6.33. The molecule has 4 heteroatoms. The summed E-state index contributed by atoms with van der Waals surface area (Å²) in [5, 5.41) is 8.67. The van der Waals surface area contributed by atoms with Crippen LogP contribution in [0.4, 0.5) is 5.69 Å².